The second kappa shape index (κ2) is 4.62. The lowest BCUT2D eigenvalue weighted by molar-refractivity contribution is -0.129. The summed E-state index contributed by atoms with van der Waals surface area (Å²) in [4.78, 5) is 16.4. The average Bonchev–Trinajstić information content (AvgIpc) is 2.54. The Bertz CT molecular complexity index is 629. The van der Waals surface area contributed by atoms with Gasteiger partial charge in [0, 0.05) is 18.6 Å². The summed E-state index contributed by atoms with van der Waals surface area (Å²) in [6.45, 7) is 0.257. The number of nitrogens with zero attached hydrogens (tertiary/aromatic N) is 2. The normalized spacial score (nSPS) is 10.8. The molecule has 1 heterocycles. The minimum absolute atomic E-state index is 0.0184. The maximum Gasteiger partial charge on any atom is 0.242 e. The molecular formula is C11H12BrN3OS. The Morgan fingerprint density at radius 3 is 2.88 bits per heavy atom. The molecular weight excluding hydrogens is 302 g/mol. The monoisotopic (exact) mass is 313 g/mol. The molecule has 4 nitrogen and oxygen atoms in total. The fourth-order valence-corrected chi connectivity index (χ4v) is 2.20. The largest absolute Gasteiger partial charge is 0.347 e. The van der Waals surface area contributed by atoms with E-state index >= 15 is 0 Å². The van der Waals surface area contributed by atoms with E-state index in [0.29, 0.717) is 4.77 Å². The molecule has 6 heteroatoms. The van der Waals surface area contributed by atoms with Crippen LogP contribution in [0.15, 0.2) is 22.7 Å². The quantitative estimate of drug-likeness (QED) is 0.866. The number of rotatable bonds is 2. The molecule has 1 N–H and O–H groups in total. The molecule has 0 aliphatic heterocycles. The van der Waals surface area contributed by atoms with E-state index in [0.717, 1.165) is 15.5 Å². The molecule has 0 atom stereocenters. The van der Waals surface area contributed by atoms with Gasteiger partial charge in [0.05, 0.1) is 11.0 Å². The van der Waals surface area contributed by atoms with Crippen LogP contribution in [-0.4, -0.2) is 34.5 Å². The summed E-state index contributed by atoms with van der Waals surface area (Å²) in [5.41, 5.74) is 1.87. The lowest BCUT2D eigenvalue weighted by atomic mass is 10.3. The lowest BCUT2D eigenvalue weighted by Crippen LogP contribution is -2.26. The summed E-state index contributed by atoms with van der Waals surface area (Å²) < 4.78 is 3.35. The summed E-state index contributed by atoms with van der Waals surface area (Å²) in [5, 5.41) is 0. The van der Waals surface area contributed by atoms with E-state index in [9.17, 15) is 4.79 Å². The van der Waals surface area contributed by atoms with Crippen molar-refractivity contribution in [2.45, 2.75) is 6.54 Å². The van der Waals surface area contributed by atoms with Crippen LogP contribution in [0.3, 0.4) is 0 Å². The molecule has 0 bridgehead atoms. The first-order valence-electron chi connectivity index (χ1n) is 5.07. The highest BCUT2D eigenvalue weighted by molar-refractivity contribution is 9.10. The molecule has 0 aliphatic carbocycles. The lowest BCUT2D eigenvalue weighted by Gasteiger charge is -2.11. The Balaban J connectivity index is 2.50. The number of carbonyl (C=O) groups excluding carboxylic acids is 1. The van der Waals surface area contributed by atoms with E-state index in [-0.39, 0.29) is 12.5 Å². The number of fused-ring (bicyclic) bond motifs is 1. The van der Waals surface area contributed by atoms with E-state index in [1.54, 1.807) is 23.6 Å². The van der Waals surface area contributed by atoms with E-state index < -0.39 is 0 Å². The smallest absolute Gasteiger partial charge is 0.242 e. The number of nitrogens with one attached hydrogen (secondary N) is 1. The molecule has 0 fully saturated rings. The molecule has 1 aromatic heterocycles. The van der Waals surface area contributed by atoms with Crippen molar-refractivity contribution in [3.8, 4) is 0 Å². The van der Waals surface area contributed by atoms with Crippen LogP contribution in [0.4, 0.5) is 0 Å². The van der Waals surface area contributed by atoms with Gasteiger partial charge in [-0.2, -0.15) is 0 Å². The molecule has 1 aromatic carbocycles. The Morgan fingerprint density at radius 2 is 2.24 bits per heavy atom. The van der Waals surface area contributed by atoms with Crippen molar-refractivity contribution in [1.82, 2.24) is 14.5 Å². The predicted molar refractivity (Wildman–Crippen MR) is 73.5 cm³/mol. The molecule has 0 radical (unpaired) electrons. The van der Waals surface area contributed by atoms with Gasteiger partial charge >= 0.3 is 0 Å². The molecule has 90 valence electrons. The number of halogens is 1. The van der Waals surface area contributed by atoms with Crippen molar-refractivity contribution in [2.75, 3.05) is 14.1 Å². The zero-order valence-electron chi connectivity index (χ0n) is 9.53. The summed E-state index contributed by atoms with van der Waals surface area (Å²) in [6.07, 6.45) is 0. The number of likely N-dealkylation sites (N-methyl/N-ethyl adjacent to an activating group) is 1. The molecule has 0 saturated carbocycles. The molecule has 2 aromatic rings. The summed E-state index contributed by atoms with van der Waals surface area (Å²) in [7, 11) is 3.47. The first kappa shape index (κ1) is 12.3. The van der Waals surface area contributed by atoms with Crippen molar-refractivity contribution >= 4 is 45.1 Å². The summed E-state index contributed by atoms with van der Waals surface area (Å²) in [5.74, 6) is 0.0184. The molecule has 0 saturated heterocycles. The van der Waals surface area contributed by atoms with Gasteiger partial charge < -0.3 is 14.5 Å². The van der Waals surface area contributed by atoms with Crippen LogP contribution >= 0.6 is 28.1 Å². The zero-order valence-corrected chi connectivity index (χ0v) is 11.9. The molecule has 0 spiro atoms. The van der Waals surface area contributed by atoms with Crippen LogP contribution in [-0.2, 0) is 11.3 Å². The topological polar surface area (TPSA) is 41.0 Å². The van der Waals surface area contributed by atoms with Gasteiger partial charge in [-0.05, 0) is 30.4 Å². The number of H-pyrrole nitrogens is 1. The number of amides is 1. The van der Waals surface area contributed by atoms with Gasteiger partial charge in [0.2, 0.25) is 5.91 Å². The third kappa shape index (κ3) is 2.42. The highest BCUT2D eigenvalue weighted by atomic mass is 79.9. The fourth-order valence-electron chi connectivity index (χ4n) is 1.57. The second-order valence-electron chi connectivity index (χ2n) is 3.97. The summed E-state index contributed by atoms with van der Waals surface area (Å²) in [6, 6.07) is 5.82. The Morgan fingerprint density at radius 1 is 1.53 bits per heavy atom. The van der Waals surface area contributed by atoms with Crippen molar-refractivity contribution in [1.29, 1.82) is 0 Å². The predicted octanol–water partition coefficient (Wildman–Crippen LogP) is 2.55. The third-order valence-electron chi connectivity index (χ3n) is 2.53. The Kier molecular flexibility index (Phi) is 3.35. The Labute approximate surface area is 112 Å². The van der Waals surface area contributed by atoms with Crippen LogP contribution in [0.2, 0.25) is 0 Å². The van der Waals surface area contributed by atoms with Crippen LogP contribution in [0, 0.1) is 4.77 Å². The number of hydrogen-bond donors (Lipinski definition) is 1. The van der Waals surface area contributed by atoms with Gasteiger partial charge in [-0.1, -0.05) is 15.9 Å². The zero-order chi connectivity index (χ0) is 12.6. The van der Waals surface area contributed by atoms with E-state index in [4.69, 9.17) is 12.2 Å². The molecule has 17 heavy (non-hydrogen) atoms. The third-order valence-corrected chi connectivity index (χ3v) is 3.34. The number of benzene rings is 1. The number of imidazole rings is 1. The highest BCUT2D eigenvalue weighted by Gasteiger charge is 2.10. The van der Waals surface area contributed by atoms with Crippen molar-refractivity contribution in [3.63, 3.8) is 0 Å². The number of carbonyl (C=O) groups is 1. The maximum atomic E-state index is 11.7. The number of aromatic amines is 1. The van der Waals surface area contributed by atoms with Crippen molar-refractivity contribution < 1.29 is 4.79 Å². The van der Waals surface area contributed by atoms with E-state index in [2.05, 4.69) is 20.9 Å². The van der Waals surface area contributed by atoms with Gasteiger partial charge in [0.1, 0.15) is 6.54 Å². The average molecular weight is 314 g/mol. The van der Waals surface area contributed by atoms with Gasteiger partial charge in [-0.15, -0.1) is 0 Å². The van der Waals surface area contributed by atoms with Gasteiger partial charge in [-0.25, -0.2) is 0 Å². The minimum Gasteiger partial charge on any atom is -0.347 e. The molecule has 0 aliphatic rings. The van der Waals surface area contributed by atoms with Gasteiger partial charge in [0.25, 0.3) is 0 Å². The van der Waals surface area contributed by atoms with Crippen LogP contribution in [0.1, 0.15) is 0 Å². The Hall–Kier alpha value is -1.14. The van der Waals surface area contributed by atoms with Gasteiger partial charge in [0.15, 0.2) is 4.77 Å². The minimum atomic E-state index is 0.0184. The van der Waals surface area contributed by atoms with Crippen molar-refractivity contribution in [2.24, 2.45) is 0 Å². The van der Waals surface area contributed by atoms with E-state index in [1.165, 1.54) is 0 Å². The first-order valence-corrected chi connectivity index (χ1v) is 6.27. The van der Waals surface area contributed by atoms with Crippen LogP contribution in [0.5, 0.6) is 0 Å². The maximum absolute atomic E-state index is 11.7. The van der Waals surface area contributed by atoms with Crippen LogP contribution < -0.4 is 0 Å². The first-order chi connectivity index (χ1) is 7.99. The number of hydrogen-bond acceptors (Lipinski definition) is 2. The molecule has 1 amide bonds. The molecule has 0 unspecified atom stereocenters. The number of aromatic nitrogens is 2. The standard InChI is InChI=1S/C11H12BrN3OS/c1-14(2)10(16)6-15-9-4-3-7(12)5-8(9)13-11(15)17/h3-5H,6H2,1-2H3,(H,13,17). The van der Waals surface area contributed by atoms with Crippen LogP contribution in [0.25, 0.3) is 11.0 Å². The SMILES string of the molecule is CN(C)C(=O)Cn1c(=S)[nH]c2cc(Br)ccc21. The van der Waals surface area contributed by atoms with E-state index in [1.807, 2.05) is 18.2 Å². The molecule has 2 rings (SSSR count). The van der Waals surface area contributed by atoms with Gasteiger partial charge in [-0.3, -0.25) is 4.79 Å². The second-order valence-corrected chi connectivity index (χ2v) is 5.27. The van der Waals surface area contributed by atoms with Crippen molar-refractivity contribution in [3.05, 3.63) is 27.4 Å². The fraction of sp³-hybridized carbons (Fsp3) is 0.273. The highest BCUT2D eigenvalue weighted by Crippen LogP contribution is 2.19. The summed E-state index contributed by atoms with van der Waals surface area (Å²) >= 11 is 8.62.